The van der Waals surface area contributed by atoms with Gasteiger partial charge >= 0.3 is 0 Å². The van der Waals surface area contributed by atoms with Crippen molar-refractivity contribution in [1.82, 2.24) is 0 Å². The van der Waals surface area contributed by atoms with Gasteiger partial charge < -0.3 is 23.7 Å². The second-order valence-electron chi connectivity index (χ2n) is 7.88. The molecule has 0 saturated carbocycles. The van der Waals surface area contributed by atoms with Crippen molar-refractivity contribution in [2.24, 2.45) is 0 Å². The summed E-state index contributed by atoms with van der Waals surface area (Å²) < 4.78 is 31.2. The van der Waals surface area contributed by atoms with E-state index in [4.69, 9.17) is 23.7 Å². The summed E-state index contributed by atoms with van der Waals surface area (Å²) in [6.07, 6.45) is -0.599. The van der Waals surface area contributed by atoms with Crippen molar-refractivity contribution in [2.75, 3.05) is 13.2 Å². The summed E-state index contributed by atoms with van der Waals surface area (Å²) in [5, 5.41) is 0. The van der Waals surface area contributed by atoms with Crippen LogP contribution in [0, 0.1) is 0 Å². The van der Waals surface area contributed by atoms with E-state index in [0.717, 1.165) is 23.1 Å². The molecule has 2 aromatic rings. The van der Waals surface area contributed by atoms with Crippen LogP contribution in [0.3, 0.4) is 0 Å². The zero-order valence-electron chi connectivity index (χ0n) is 16.3. The molecule has 0 radical (unpaired) electrons. The van der Waals surface area contributed by atoms with Gasteiger partial charge in [0.25, 0.3) is 0 Å². The maximum absolute atomic E-state index is 6.41. The molecule has 3 heterocycles. The lowest BCUT2D eigenvalue weighted by molar-refractivity contribution is -0.341. The zero-order chi connectivity index (χ0) is 19.6. The summed E-state index contributed by atoms with van der Waals surface area (Å²) >= 11 is 0. The van der Waals surface area contributed by atoms with Crippen molar-refractivity contribution in [3.63, 3.8) is 0 Å². The Hall–Kier alpha value is -2.02. The third-order valence-electron chi connectivity index (χ3n) is 5.75. The molecule has 5 nitrogen and oxygen atoms in total. The molecule has 6 atom stereocenters. The van der Waals surface area contributed by atoms with Crippen molar-refractivity contribution in [3.8, 4) is 0 Å². The minimum absolute atomic E-state index is 0.0845. The Bertz CT molecular complexity index is 824. The first-order valence-electron chi connectivity index (χ1n) is 10.2. The van der Waals surface area contributed by atoms with E-state index < -0.39 is 6.29 Å². The molecule has 3 aliphatic heterocycles. The highest BCUT2D eigenvalue weighted by molar-refractivity contribution is 5.17. The molecule has 5 heteroatoms. The first kappa shape index (κ1) is 19.0. The van der Waals surface area contributed by atoms with Gasteiger partial charge in [0.15, 0.2) is 6.29 Å². The van der Waals surface area contributed by atoms with Crippen molar-refractivity contribution in [3.05, 3.63) is 83.9 Å². The van der Waals surface area contributed by atoms with Gasteiger partial charge in [-0.3, -0.25) is 0 Å². The Morgan fingerprint density at radius 3 is 2.41 bits per heavy atom. The van der Waals surface area contributed by atoms with E-state index in [0.29, 0.717) is 19.8 Å². The molecule has 1 unspecified atom stereocenters. The summed E-state index contributed by atoms with van der Waals surface area (Å²) in [4.78, 5) is 0. The molecule has 0 spiro atoms. The molecule has 3 saturated heterocycles. The topological polar surface area (TPSA) is 46.2 Å². The molecule has 0 N–H and O–H groups in total. The summed E-state index contributed by atoms with van der Waals surface area (Å²) in [5.41, 5.74) is 3.16. The average Bonchev–Trinajstić information content (AvgIpc) is 2.77. The zero-order valence-corrected chi connectivity index (χ0v) is 16.3. The van der Waals surface area contributed by atoms with Gasteiger partial charge in [0.1, 0.15) is 24.4 Å². The maximum Gasteiger partial charge on any atom is 0.184 e. The smallest absolute Gasteiger partial charge is 0.184 e. The quantitative estimate of drug-likeness (QED) is 0.739. The Morgan fingerprint density at radius 1 is 0.862 bits per heavy atom. The van der Waals surface area contributed by atoms with Crippen LogP contribution >= 0.6 is 0 Å². The fraction of sp³-hybridized carbons (Fsp3) is 0.417. The molecule has 0 amide bonds. The number of benzene rings is 2. The SMILES string of the molecule is C=C1CO[C@H]2[C@@H](OCc3ccccc3)[C@@H]3OC(c4ccccc4)OC[C@H]3O[C@@H]2C1. The van der Waals surface area contributed by atoms with Crippen LogP contribution in [0.5, 0.6) is 0 Å². The second-order valence-corrected chi connectivity index (χ2v) is 7.88. The second kappa shape index (κ2) is 8.38. The first-order valence-corrected chi connectivity index (χ1v) is 10.2. The molecule has 5 rings (SSSR count). The maximum atomic E-state index is 6.41. The molecule has 3 fully saturated rings. The molecule has 2 aromatic carbocycles. The van der Waals surface area contributed by atoms with E-state index in [1.54, 1.807) is 0 Å². The van der Waals surface area contributed by atoms with Crippen LogP contribution in [-0.4, -0.2) is 43.7 Å². The van der Waals surface area contributed by atoms with Gasteiger partial charge in [-0.05, 0) is 17.6 Å². The van der Waals surface area contributed by atoms with Gasteiger partial charge in [-0.25, -0.2) is 0 Å². The van der Waals surface area contributed by atoms with Gasteiger partial charge in [-0.1, -0.05) is 67.2 Å². The van der Waals surface area contributed by atoms with Crippen molar-refractivity contribution < 1.29 is 23.7 Å². The normalized spacial score (nSPS) is 34.3. The van der Waals surface area contributed by atoms with E-state index in [1.165, 1.54) is 0 Å². The molecule has 152 valence electrons. The Labute approximate surface area is 171 Å². The predicted octanol–water partition coefficient (Wildman–Crippen LogP) is 3.80. The molecular weight excluding hydrogens is 368 g/mol. The number of rotatable bonds is 4. The van der Waals surface area contributed by atoms with Crippen LogP contribution in [0.15, 0.2) is 72.8 Å². The van der Waals surface area contributed by atoms with Crippen molar-refractivity contribution >= 4 is 0 Å². The van der Waals surface area contributed by atoms with E-state index >= 15 is 0 Å². The summed E-state index contributed by atoms with van der Waals surface area (Å²) in [7, 11) is 0. The lowest BCUT2D eigenvalue weighted by Crippen LogP contribution is -2.64. The van der Waals surface area contributed by atoms with E-state index in [2.05, 4.69) is 18.7 Å². The van der Waals surface area contributed by atoms with Crippen molar-refractivity contribution in [1.29, 1.82) is 0 Å². The molecule has 3 aliphatic rings. The standard InChI is InChI=1S/C24H26O5/c1-16-12-19-21(25-13-16)23(26-14-17-8-4-2-5-9-17)22-20(28-19)15-27-24(29-22)18-10-6-3-7-11-18/h2-11,19-24H,1,12-15H2/t19-,20-,21-,22-,23-,24?/m1/s1. The van der Waals surface area contributed by atoms with Gasteiger partial charge in [0.05, 0.1) is 25.9 Å². The summed E-state index contributed by atoms with van der Waals surface area (Å²) in [6, 6.07) is 20.2. The highest BCUT2D eigenvalue weighted by Crippen LogP contribution is 2.39. The van der Waals surface area contributed by atoms with Crippen LogP contribution in [0.1, 0.15) is 23.8 Å². The highest BCUT2D eigenvalue weighted by atomic mass is 16.7. The highest BCUT2D eigenvalue weighted by Gasteiger charge is 2.52. The van der Waals surface area contributed by atoms with Gasteiger partial charge in [-0.2, -0.15) is 0 Å². The predicted molar refractivity (Wildman–Crippen MR) is 107 cm³/mol. The molecule has 0 aliphatic carbocycles. The van der Waals surface area contributed by atoms with Gasteiger partial charge in [0.2, 0.25) is 0 Å². The molecule has 0 aromatic heterocycles. The van der Waals surface area contributed by atoms with Crippen LogP contribution in [0.2, 0.25) is 0 Å². The minimum Gasteiger partial charge on any atom is -0.368 e. The largest absolute Gasteiger partial charge is 0.368 e. The van der Waals surface area contributed by atoms with E-state index in [9.17, 15) is 0 Å². The van der Waals surface area contributed by atoms with Crippen LogP contribution in [-0.2, 0) is 30.3 Å². The van der Waals surface area contributed by atoms with Gasteiger partial charge in [-0.15, -0.1) is 0 Å². The number of fused-ring (bicyclic) bond motifs is 2. The molecule has 0 bridgehead atoms. The third-order valence-corrected chi connectivity index (χ3v) is 5.75. The van der Waals surface area contributed by atoms with Crippen LogP contribution in [0.4, 0.5) is 0 Å². The monoisotopic (exact) mass is 394 g/mol. The fourth-order valence-corrected chi connectivity index (χ4v) is 4.32. The number of ether oxygens (including phenoxy) is 5. The molecule has 29 heavy (non-hydrogen) atoms. The van der Waals surface area contributed by atoms with E-state index in [1.807, 2.05) is 48.5 Å². The number of hydrogen-bond acceptors (Lipinski definition) is 5. The van der Waals surface area contributed by atoms with E-state index in [-0.39, 0.29) is 30.5 Å². The Kier molecular flexibility index (Phi) is 5.48. The van der Waals surface area contributed by atoms with Gasteiger partial charge in [0, 0.05) is 5.56 Å². The summed E-state index contributed by atoms with van der Waals surface area (Å²) in [5.74, 6) is 0. The van der Waals surface area contributed by atoms with Crippen LogP contribution < -0.4 is 0 Å². The lowest BCUT2D eigenvalue weighted by atomic mass is 9.89. The fourth-order valence-electron chi connectivity index (χ4n) is 4.32. The summed E-state index contributed by atoms with van der Waals surface area (Å²) in [6.45, 7) is 5.57. The third kappa shape index (κ3) is 4.02. The molecular formula is C24H26O5. The Morgan fingerprint density at radius 2 is 1.62 bits per heavy atom. The Balaban J connectivity index is 1.37. The number of hydrogen-bond donors (Lipinski definition) is 0. The first-order chi connectivity index (χ1) is 14.3. The van der Waals surface area contributed by atoms with Crippen molar-refractivity contribution in [2.45, 2.75) is 49.8 Å². The lowest BCUT2D eigenvalue weighted by Gasteiger charge is -2.50. The minimum atomic E-state index is -0.431. The van der Waals surface area contributed by atoms with Crippen LogP contribution in [0.25, 0.3) is 0 Å². The average molecular weight is 394 g/mol.